The molecule has 1 rings (SSSR count). The number of hydrogen-bond donors (Lipinski definition) is 1. The standard InChI is InChI=1S/C12H23N3/c1-5-6-7-8-11-12(13)15(9(2)3)10(4)14-11/h9H,5-8,13H2,1-4H3. The SMILES string of the molecule is CCCCCc1nc(C)n(C(C)C)c1N. The second kappa shape index (κ2) is 5.19. The van der Waals surface area contributed by atoms with Crippen LogP contribution in [0.25, 0.3) is 0 Å². The number of anilines is 1. The molecule has 0 saturated heterocycles. The van der Waals surface area contributed by atoms with Gasteiger partial charge in [0.05, 0.1) is 5.69 Å². The third-order valence-electron chi connectivity index (χ3n) is 2.73. The lowest BCUT2D eigenvalue weighted by molar-refractivity contribution is 0.590. The number of rotatable bonds is 5. The molecule has 0 aliphatic carbocycles. The van der Waals surface area contributed by atoms with Crippen molar-refractivity contribution in [1.29, 1.82) is 0 Å². The van der Waals surface area contributed by atoms with Gasteiger partial charge in [0.15, 0.2) is 0 Å². The summed E-state index contributed by atoms with van der Waals surface area (Å²) in [6.07, 6.45) is 4.70. The largest absolute Gasteiger partial charge is 0.384 e. The fourth-order valence-corrected chi connectivity index (χ4v) is 2.00. The van der Waals surface area contributed by atoms with Crippen molar-refractivity contribution >= 4 is 5.82 Å². The van der Waals surface area contributed by atoms with E-state index in [2.05, 4.69) is 30.3 Å². The molecule has 3 nitrogen and oxygen atoms in total. The first-order chi connectivity index (χ1) is 7.07. The zero-order valence-corrected chi connectivity index (χ0v) is 10.4. The summed E-state index contributed by atoms with van der Waals surface area (Å²) in [4.78, 5) is 4.54. The van der Waals surface area contributed by atoms with Crippen LogP contribution in [0.4, 0.5) is 5.82 Å². The predicted octanol–water partition coefficient (Wildman–Crippen LogP) is 3.09. The van der Waals surface area contributed by atoms with E-state index in [1.165, 1.54) is 19.3 Å². The quantitative estimate of drug-likeness (QED) is 0.757. The van der Waals surface area contributed by atoms with Gasteiger partial charge in [-0.3, -0.25) is 0 Å². The maximum absolute atomic E-state index is 6.09. The first-order valence-electron chi connectivity index (χ1n) is 5.91. The van der Waals surface area contributed by atoms with Gasteiger partial charge in [-0.15, -0.1) is 0 Å². The van der Waals surface area contributed by atoms with E-state index in [0.717, 1.165) is 23.8 Å². The Kier molecular flexibility index (Phi) is 4.18. The van der Waals surface area contributed by atoms with Gasteiger partial charge < -0.3 is 10.3 Å². The van der Waals surface area contributed by atoms with Crippen LogP contribution in [0.1, 0.15) is 57.6 Å². The van der Waals surface area contributed by atoms with E-state index in [0.29, 0.717) is 6.04 Å². The number of imidazole rings is 1. The van der Waals surface area contributed by atoms with Gasteiger partial charge in [0.25, 0.3) is 0 Å². The monoisotopic (exact) mass is 209 g/mol. The van der Waals surface area contributed by atoms with Crippen molar-refractivity contribution in [3.05, 3.63) is 11.5 Å². The normalized spacial score (nSPS) is 11.3. The molecule has 0 saturated carbocycles. The summed E-state index contributed by atoms with van der Waals surface area (Å²) >= 11 is 0. The highest BCUT2D eigenvalue weighted by Crippen LogP contribution is 2.21. The highest BCUT2D eigenvalue weighted by atomic mass is 15.2. The minimum atomic E-state index is 0.400. The van der Waals surface area contributed by atoms with Crippen LogP contribution >= 0.6 is 0 Å². The fraction of sp³-hybridized carbons (Fsp3) is 0.750. The van der Waals surface area contributed by atoms with Gasteiger partial charge >= 0.3 is 0 Å². The van der Waals surface area contributed by atoms with E-state index in [4.69, 9.17) is 5.73 Å². The summed E-state index contributed by atoms with van der Waals surface area (Å²) in [5, 5.41) is 0. The van der Waals surface area contributed by atoms with Crippen LogP contribution in [-0.2, 0) is 6.42 Å². The lowest BCUT2D eigenvalue weighted by atomic mass is 10.1. The van der Waals surface area contributed by atoms with Gasteiger partial charge in [0, 0.05) is 6.04 Å². The first kappa shape index (κ1) is 12.1. The highest BCUT2D eigenvalue weighted by molar-refractivity contribution is 5.38. The molecule has 0 radical (unpaired) electrons. The molecule has 2 N–H and O–H groups in total. The summed E-state index contributed by atoms with van der Waals surface area (Å²) in [7, 11) is 0. The van der Waals surface area contributed by atoms with E-state index in [9.17, 15) is 0 Å². The van der Waals surface area contributed by atoms with Crippen LogP contribution in [0.15, 0.2) is 0 Å². The van der Waals surface area contributed by atoms with E-state index < -0.39 is 0 Å². The third-order valence-corrected chi connectivity index (χ3v) is 2.73. The lowest BCUT2D eigenvalue weighted by Gasteiger charge is -2.11. The van der Waals surface area contributed by atoms with Gasteiger partial charge in [-0.05, 0) is 33.6 Å². The van der Waals surface area contributed by atoms with Crippen molar-refractivity contribution in [2.45, 2.75) is 59.4 Å². The fourth-order valence-electron chi connectivity index (χ4n) is 2.00. The molecule has 15 heavy (non-hydrogen) atoms. The maximum atomic E-state index is 6.09. The van der Waals surface area contributed by atoms with Crippen LogP contribution < -0.4 is 5.73 Å². The van der Waals surface area contributed by atoms with Crippen molar-refractivity contribution in [2.24, 2.45) is 0 Å². The minimum absolute atomic E-state index is 0.400. The molecule has 0 spiro atoms. The molecule has 1 aromatic rings. The molecular weight excluding hydrogens is 186 g/mol. The summed E-state index contributed by atoms with van der Waals surface area (Å²) < 4.78 is 2.11. The minimum Gasteiger partial charge on any atom is -0.384 e. The second-order valence-corrected chi connectivity index (χ2v) is 4.41. The van der Waals surface area contributed by atoms with Crippen molar-refractivity contribution in [1.82, 2.24) is 9.55 Å². The summed E-state index contributed by atoms with van der Waals surface area (Å²) in [6, 6.07) is 0.400. The van der Waals surface area contributed by atoms with Gasteiger partial charge in [0.1, 0.15) is 11.6 Å². The summed E-state index contributed by atoms with van der Waals surface area (Å²) in [5.74, 6) is 1.90. The van der Waals surface area contributed by atoms with Gasteiger partial charge in [-0.2, -0.15) is 0 Å². The highest BCUT2D eigenvalue weighted by Gasteiger charge is 2.13. The van der Waals surface area contributed by atoms with E-state index in [1.54, 1.807) is 0 Å². The smallest absolute Gasteiger partial charge is 0.127 e. The maximum Gasteiger partial charge on any atom is 0.127 e. The molecule has 0 aliphatic rings. The summed E-state index contributed by atoms with van der Waals surface area (Å²) in [6.45, 7) is 8.52. The first-order valence-corrected chi connectivity index (χ1v) is 5.91. The van der Waals surface area contributed by atoms with E-state index in [1.807, 2.05) is 6.92 Å². The molecule has 0 bridgehead atoms. The van der Waals surface area contributed by atoms with Gasteiger partial charge in [0.2, 0.25) is 0 Å². The van der Waals surface area contributed by atoms with Crippen molar-refractivity contribution in [2.75, 3.05) is 5.73 Å². The summed E-state index contributed by atoms with van der Waals surface area (Å²) in [5.41, 5.74) is 7.17. The molecular formula is C12H23N3. The third kappa shape index (κ3) is 2.74. The average molecular weight is 209 g/mol. The predicted molar refractivity (Wildman–Crippen MR) is 65.0 cm³/mol. The number of nitrogen functional groups attached to an aromatic ring is 1. The van der Waals surface area contributed by atoms with Crippen LogP contribution in [0, 0.1) is 6.92 Å². The molecule has 0 atom stereocenters. The Morgan fingerprint density at radius 3 is 2.47 bits per heavy atom. The zero-order valence-electron chi connectivity index (χ0n) is 10.4. The second-order valence-electron chi connectivity index (χ2n) is 4.41. The average Bonchev–Trinajstić information content (AvgIpc) is 2.42. The van der Waals surface area contributed by atoms with Crippen LogP contribution in [-0.4, -0.2) is 9.55 Å². The Labute approximate surface area is 92.7 Å². The Hall–Kier alpha value is -0.990. The molecule has 86 valence electrons. The molecule has 0 aliphatic heterocycles. The van der Waals surface area contributed by atoms with Crippen molar-refractivity contribution in [3.63, 3.8) is 0 Å². The van der Waals surface area contributed by atoms with Crippen molar-refractivity contribution < 1.29 is 0 Å². The number of nitrogens with zero attached hydrogens (tertiary/aromatic N) is 2. The molecule has 3 heteroatoms. The van der Waals surface area contributed by atoms with E-state index in [-0.39, 0.29) is 0 Å². The molecule has 0 fully saturated rings. The van der Waals surface area contributed by atoms with Gasteiger partial charge in [-0.25, -0.2) is 4.98 Å². The van der Waals surface area contributed by atoms with E-state index >= 15 is 0 Å². The van der Waals surface area contributed by atoms with Crippen LogP contribution in [0.3, 0.4) is 0 Å². The molecule has 0 unspecified atom stereocenters. The molecule has 1 aromatic heterocycles. The molecule has 0 amide bonds. The van der Waals surface area contributed by atoms with Crippen LogP contribution in [0.2, 0.25) is 0 Å². The molecule has 0 aromatic carbocycles. The Morgan fingerprint density at radius 2 is 2.00 bits per heavy atom. The van der Waals surface area contributed by atoms with Gasteiger partial charge in [-0.1, -0.05) is 19.8 Å². The number of hydrogen-bond acceptors (Lipinski definition) is 2. The van der Waals surface area contributed by atoms with Crippen LogP contribution in [0.5, 0.6) is 0 Å². The molecule has 1 heterocycles. The topological polar surface area (TPSA) is 43.8 Å². The Bertz CT molecular complexity index is 313. The number of unbranched alkanes of at least 4 members (excludes halogenated alkanes) is 2. The Morgan fingerprint density at radius 1 is 1.33 bits per heavy atom. The Balaban J connectivity index is 2.77. The number of nitrogens with two attached hydrogens (primary N) is 1. The lowest BCUT2D eigenvalue weighted by Crippen LogP contribution is -2.07. The van der Waals surface area contributed by atoms with Crippen molar-refractivity contribution in [3.8, 4) is 0 Å². The number of aromatic nitrogens is 2. The number of aryl methyl sites for hydroxylation is 2. The zero-order chi connectivity index (χ0) is 11.4.